The van der Waals surface area contributed by atoms with Gasteiger partial charge in [-0.05, 0) is 51.6 Å². The number of aryl methyl sites for hydroxylation is 2. The van der Waals surface area contributed by atoms with E-state index >= 15 is 0 Å². The number of aromatic nitrogens is 1. The molecule has 0 amide bonds. The number of piperidine rings is 1. The lowest BCUT2D eigenvalue weighted by Gasteiger charge is -2.32. The molecule has 2 heterocycles. The van der Waals surface area contributed by atoms with E-state index in [1.807, 2.05) is 11.3 Å². The molecule has 4 heteroatoms. The van der Waals surface area contributed by atoms with Crippen molar-refractivity contribution in [1.29, 1.82) is 0 Å². The Balaban J connectivity index is 1.86. The average molecular weight is 281 g/mol. The molecule has 1 atom stereocenters. The smallest absolute Gasteiger partial charge is 0.185 e. The van der Waals surface area contributed by atoms with Gasteiger partial charge in [-0.25, -0.2) is 4.98 Å². The Bertz CT molecular complexity index is 381. The van der Waals surface area contributed by atoms with Gasteiger partial charge in [-0.2, -0.15) is 0 Å². The van der Waals surface area contributed by atoms with E-state index < -0.39 is 0 Å². The van der Waals surface area contributed by atoms with Gasteiger partial charge >= 0.3 is 0 Å². The van der Waals surface area contributed by atoms with Crippen LogP contribution in [-0.4, -0.2) is 31.2 Å². The zero-order valence-corrected chi connectivity index (χ0v) is 13.5. The number of hydrogen-bond acceptors (Lipinski definition) is 4. The van der Waals surface area contributed by atoms with Gasteiger partial charge in [-0.1, -0.05) is 13.8 Å². The van der Waals surface area contributed by atoms with Crippen LogP contribution in [-0.2, 0) is 0 Å². The van der Waals surface area contributed by atoms with Gasteiger partial charge in [0, 0.05) is 18.0 Å². The van der Waals surface area contributed by atoms with Gasteiger partial charge in [0.25, 0.3) is 0 Å². The lowest BCUT2D eigenvalue weighted by atomic mass is 9.98. The van der Waals surface area contributed by atoms with Gasteiger partial charge in [0.15, 0.2) is 5.13 Å². The van der Waals surface area contributed by atoms with E-state index in [2.05, 4.69) is 37.9 Å². The van der Waals surface area contributed by atoms with Gasteiger partial charge in [-0.3, -0.25) is 0 Å². The summed E-state index contributed by atoms with van der Waals surface area (Å²) in [6.07, 6.45) is 2.65. The molecular weight excluding hydrogens is 254 g/mol. The van der Waals surface area contributed by atoms with E-state index in [1.54, 1.807) is 0 Å². The normalized spacial score (nSPS) is 20.3. The molecule has 1 aromatic rings. The monoisotopic (exact) mass is 281 g/mol. The van der Waals surface area contributed by atoms with Gasteiger partial charge in [-0.15, -0.1) is 11.3 Å². The molecule has 0 aromatic carbocycles. The lowest BCUT2D eigenvalue weighted by molar-refractivity contribution is 0.382. The van der Waals surface area contributed by atoms with Crippen molar-refractivity contribution < 1.29 is 0 Å². The van der Waals surface area contributed by atoms with Crippen molar-refractivity contribution in [3.63, 3.8) is 0 Å². The van der Waals surface area contributed by atoms with Crippen LogP contribution in [0.4, 0.5) is 5.13 Å². The molecule has 2 rings (SSSR count). The summed E-state index contributed by atoms with van der Waals surface area (Å²) in [5.41, 5.74) is 1.19. The fourth-order valence-electron chi connectivity index (χ4n) is 2.57. The molecule has 19 heavy (non-hydrogen) atoms. The van der Waals surface area contributed by atoms with E-state index in [4.69, 9.17) is 4.98 Å². The maximum absolute atomic E-state index is 4.70. The van der Waals surface area contributed by atoms with Crippen LogP contribution >= 0.6 is 11.3 Å². The minimum absolute atomic E-state index is 0.740. The van der Waals surface area contributed by atoms with E-state index in [9.17, 15) is 0 Å². The second-order valence-electron chi connectivity index (χ2n) is 6.14. The van der Waals surface area contributed by atoms with Crippen molar-refractivity contribution in [1.82, 2.24) is 10.3 Å². The third kappa shape index (κ3) is 4.18. The fourth-order valence-corrected chi connectivity index (χ4v) is 3.52. The van der Waals surface area contributed by atoms with Crippen LogP contribution in [0, 0.1) is 25.7 Å². The van der Waals surface area contributed by atoms with Crippen LogP contribution in [0.3, 0.4) is 0 Å². The molecule has 108 valence electrons. The third-order valence-corrected chi connectivity index (χ3v) is 4.93. The van der Waals surface area contributed by atoms with E-state index in [0.29, 0.717) is 0 Å². The molecule has 1 fully saturated rings. The molecule has 0 aliphatic carbocycles. The molecule has 1 unspecified atom stereocenters. The highest BCUT2D eigenvalue weighted by molar-refractivity contribution is 7.15. The van der Waals surface area contributed by atoms with Crippen molar-refractivity contribution in [3.8, 4) is 0 Å². The first-order chi connectivity index (χ1) is 9.06. The second kappa shape index (κ2) is 6.71. The summed E-state index contributed by atoms with van der Waals surface area (Å²) in [7, 11) is 0. The fraction of sp³-hybridized carbons (Fsp3) is 0.800. The Morgan fingerprint density at radius 3 is 2.84 bits per heavy atom. The van der Waals surface area contributed by atoms with Crippen LogP contribution in [0.1, 0.15) is 37.3 Å². The number of hydrogen-bond donors (Lipinski definition) is 1. The van der Waals surface area contributed by atoms with Crippen LogP contribution in [0.25, 0.3) is 0 Å². The lowest BCUT2D eigenvalue weighted by Crippen LogP contribution is -2.40. The Labute approximate surface area is 121 Å². The highest BCUT2D eigenvalue weighted by Gasteiger charge is 2.22. The SMILES string of the molecule is Cc1nc(N2CCCC(CNCC(C)C)C2)sc1C. The van der Waals surface area contributed by atoms with Crippen LogP contribution in [0.2, 0.25) is 0 Å². The number of nitrogens with zero attached hydrogens (tertiary/aromatic N) is 2. The van der Waals surface area contributed by atoms with Crippen LogP contribution in [0.5, 0.6) is 0 Å². The molecule has 1 N–H and O–H groups in total. The van der Waals surface area contributed by atoms with Crippen LogP contribution < -0.4 is 10.2 Å². The Hall–Kier alpha value is -0.610. The minimum atomic E-state index is 0.740. The molecule has 1 aliphatic heterocycles. The van der Waals surface area contributed by atoms with E-state index in [-0.39, 0.29) is 0 Å². The van der Waals surface area contributed by atoms with Crippen LogP contribution in [0.15, 0.2) is 0 Å². The summed E-state index contributed by atoms with van der Waals surface area (Å²) in [6, 6.07) is 0. The first-order valence-electron chi connectivity index (χ1n) is 7.46. The molecular formula is C15H27N3S. The first-order valence-corrected chi connectivity index (χ1v) is 8.27. The molecule has 1 aliphatic rings. The summed E-state index contributed by atoms with van der Waals surface area (Å²) >= 11 is 1.85. The zero-order valence-electron chi connectivity index (χ0n) is 12.7. The Morgan fingerprint density at radius 1 is 1.42 bits per heavy atom. The molecule has 0 saturated carbocycles. The highest BCUT2D eigenvalue weighted by Crippen LogP contribution is 2.28. The van der Waals surface area contributed by atoms with Crippen molar-refractivity contribution in [2.24, 2.45) is 11.8 Å². The summed E-state index contributed by atoms with van der Waals surface area (Å²) in [5, 5.41) is 4.82. The maximum atomic E-state index is 4.70. The quantitative estimate of drug-likeness (QED) is 0.898. The van der Waals surface area contributed by atoms with Gasteiger partial charge in [0.05, 0.1) is 5.69 Å². The topological polar surface area (TPSA) is 28.2 Å². The number of thiazole rings is 1. The van der Waals surface area contributed by atoms with Crippen molar-refractivity contribution >= 4 is 16.5 Å². The average Bonchev–Trinajstić information content (AvgIpc) is 2.70. The van der Waals surface area contributed by atoms with E-state index in [1.165, 1.54) is 35.1 Å². The number of rotatable bonds is 5. The molecule has 1 saturated heterocycles. The Morgan fingerprint density at radius 2 is 2.21 bits per heavy atom. The van der Waals surface area contributed by atoms with Gasteiger partial charge < -0.3 is 10.2 Å². The zero-order chi connectivity index (χ0) is 13.8. The third-order valence-electron chi connectivity index (χ3n) is 3.79. The van der Waals surface area contributed by atoms with Crippen molar-refractivity contribution in [3.05, 3.63) is 10.6 Å². The molecule has 1 aromatic heterocycles. The number of nitrogens with one attached hydrogen (secondary N) is 1. The largest absolute Gasteiger partial charge is 0.348 e. The van der Waals surface area contributed by atoms with Crippen molar-refractivity contribution in [2.45, 2.75) is 40.5 Å². The number of anilines is 1. The summed E-state index contributed by atoms with van der Waals surface area (Å²) in [4.78, 5) is 8.54. The standard InChI is InChI=1S/C15H27N3S/c1-11(2)8-16-9-14-6-5-7-18(10-14)15-17-12(3)13(4)19-15/h11,14,16H,5-10H2,1-4H3. The molecule has 0 spiro atoms. The minimum Gasteiger partial charge on any atom is -0.348 e. The second-order valence-corrected chi connectivity index (χ2v) is 7.33. The predicted octanol–water partition coefficient (Wildman–Crippen LogP) is 3.22. The van der Waals surface area contributed by atoms with Gasteiger partial charge in [0.2, 0.25) is 0 Å². The predicted molar refractivity (Wildman–Crippen MR) is 84.2 cm³/mol. The summed E-state index contributed by atoms with van der Waals surface area (Å²) in [5.74, 6) is 1.51. The molecule has 0 radical (unpaired) electrons. The molecule has 0 bridgehead atoms. The van der Waals surface area contributed by atoms with Gasteiger partial charge in [0.1, 0.15) is 0 Å². The maximum Gasteiger partial charge on any atom is 0.185 e. The highest BCUT2D eigenvalue weighted by atomic mass is 32.1. The Kier molecular flexibility index (Phi) is 5.22. The summed E-state index contributed by atoms with van der Waals surface area (Å²) in [6.45, 7) is 13.4. The van der Waals surface area contributed by atoms with E-state index in [0.717, 1.165) is 31.5 Å². The summed E-state index contributed by atoms with van der Waals surface area (Å²) < 4.78 is 0. The first kappa shape index (κ1) is 14.8. The molecule has 3 nitrogen and oxygen atoms in total. The van der Waals surface area contributed by atoms with Crippen molar-refractivity contribution in [2.75, 3.05) is 31.1 Å².